The first kappa shape index (κ1) is 17.9. The third-order valence-electron chi connectivity index (χ3n) is 3.35. The molecule has 3 unspecified atom stereocenters. The number of carbonyl (C=O) groups excluding carboxylic acids is 1. The van der Waals surface area contributed by atoms with E-state index in [4.69, 9.17) is 10.8 Å². The molecule has 0 heterocycles. The molecule has 0 aliphatic rings. The number of rotatable bonds is 10. The molecule has 5 heteroatoms. The fourth-order valence-electron chi connectivity index (χ4n) is 1.90. The van der Waals surface area contributed by atoms with Crippen molar-refractivity contribution in [2.45, 2.75) is 58.9 Å². The van der Waals surface area contributed by atoms with Crippen LogP contribution in [-0.4, -0.2) is 29.6 Å². The number of nitrogens with one attached hydrogen (secondary N) is 1. The molecule has 0 aromatic carbocycles. The van der Waals surface area contributed by atoms with Gasteiger partial charge in [0.1, 0.15) is 0 Å². The fraction of sp³-hybridized carbons (Fsp3) is 0.857. The van der Waals surface area contributed by atoms with Crippen molar-refractivity contribution in [2.75, 3.05) is 6.54 Å². The third kappa shape index (κ3) is 9.47. The van der Waals surface area contributed by atoms with Crippen LogP contribution in [0.5, 0.6) is 0 Å². The minimum Gasteiger partial charge on any atom is -0.481 e. The SMILES string of the molecule is CCC(CNC(=O)C(C)CCCC(C)N)CC(=O)O. The number of carboxylic acid groups (broad SMARTS) is 1. The predicted octanol–water partition coefficient (Wildman–Crippen LogP) is 1.76. The van der Waals surface area contributed by atoms with Crippen molar-refractivity contribution in [1.29, 1.82) is 0 Å². The molecule has 0 aromatic rings. The number of hydrogen-bond acceptors (Lipinski definition) is 3. The van der Waals surface area contributed by atoms with Gasteiger partial charge in [0, 0.05) is 24.9 Å². The van der Waals surface area contributed by atoms with Gasteiger partial charge in [-0.2, -0.15) is 0 Å². The summed E-state index contributed by atoms with van der Waals surface area (Å²) in [7, 11) is 0. The Labute approximate surface area is 115 Å². The van der Waals surface area contributed by atoms with E-state index < -0.39 is 5.97 Å². The number of carbonyl (C=O) groups is 2. The molecular weight excluding hydrogens is 244 g/mol. The predicted molar refractivity (Wildman–Crippen MR) is 75.7 cm³/mol. The minimum atomic E-state index is -0.814. The highest BCUT2D eigenvalue weighted by atomic mass is 16.4. The summed E-state index contributed by atoms with van der Waals surface area (Å²) >= 11 is 0. The number of carboxylic acids is 1. The van der Waals surface area contributed by atoms with Crippen molar-refractivity contribution in [3.63, 3.8) is 0 Å². The van der Waals surface area contributed by atoms with Gasteiger partial charge in [-0.15, -0.1) is 0 Å². The molecule has 5 nitrogen and oxygen atoms in total. The fourth-order valence-corrected chi connectivity index (χ4v) is 1.90. The highest BCUT2D eigenvalue weighted by Crippen LogP contribution is 2.11. The molecule has 4 N–H and O–H groups in total. The van der Waals surface area contributed by atoms with E-state index in [0.29, 0.717) is 6.54 Å². The van der Waals surface area contributed by atoms with Crippen molar-refractivity contribution in [1.82, 2.24) is 5.32 Å². The first-order chi connectivity index (χ1) is 8.86. The summed E-state index contributed by atoms with van der Waals surface area (Å²) in [5, 5.41) is 11.6. The van der Waals surface area contributed by atoms with Crippen molar-refractivity contribution in [2.24, 2.45) is 17.6 Å². The van der Waals surface area contributed by atoms with E-state index in [0.717, 1.165) is 25.7 Å². The lowest BCUT2D eigenvalue weighted by Crippen LogP contribution is -2.34. The van der Waals surface area contributed by atoms with Crippen molar-refractivity contribution in [3.8, 4) is 0 Å². The summed E-state index contributed by atoms with van der Waals surface area (Å²) in [6, 6.07) is 0.176. The molecule has 0 bridgehead atoms. The lowest BCUT2D eigenvalue weighted by molar-refractivity contribution is -0.138. The Morgan fingerprint density at radius 3 is 2.37 bits per heavy atom. The Balaban J connectivity index is 3.91. The van der Waals surface area contributed by atoms with Gasteiger partial charge in [0.15, 0.2) is 0 Å². The summed E-state index contributed by atoms with van der Waals surface area (Å²) in [4.78, 5) is 22.5. The Hall–Kier alpha value is -1.10. The highest BCUT2D eigenvalue weighted by molar-refractivity contribution is 5.78. The molecule has 0 rings (SSSR count). The second-order valence-corrected chi connectivity index (χ2v) is 5.43. The summed E-state index contributed by atoms with van der Waals surface area (Å²) in [5.41, 5.74) is 5.66. The molecule has 0 spiro atoms. The number of nitrogens with two attached hydrogens (primary N) is 1. The highest BCUT2D eigenvalue weighted by Gasteiger charge is 2.16. The second kappa shape index (κ2) is 9.78. The summed E-state index contributed by atoms with van der Waals surface area (Å²) in [6.07, 6.45) is 3.55. The summed E-state index contributed by atoms with van der Waals surface area (Å²) in [6.45, 7) is 6.24. The van der Waals surface area contributed by atoms with Crippen molar-refractivity contribution >= 4 is 11.9 Å². The van der Waals surface area contributed by atoms with E-state index in [1.807, 2.05) is 20.8 Å². The summed E-state index contributed by atoms with van der Waals surface area (Å²) in [5.74, 6) is -0.835. The zero-order valence-corrected chi connectivity index (χ0v) is 12.3. The van der Waals surface area contributed by atoms with Gasteiger partial charge in [-0.25, -0.2) is 0 Å². The maximum absolute atomic E-state index is 11.8. The van der Waals surface area contributed by atoms with Gasteiger partial charge in [0.25, 0.3) is 0 Å². The summed E-state index contributed by atoms with van der Waals surface area (Å²) < 4.78 is 0. The number of aliphatic carboxylic acids is 1. The molecule has 19 heavy (non-hydrogen) atoms. The number of amides is 1. The zero-order chi connectivity index (χ0) is 14.8. The van der Waals surface area contributed by atoms with Gasteiger partial charge < -0.3 is 16.2 Å². The molecule has 0 saturated heterocycles. The van der Waals surface area contributed by atoms with Crippen LogP contribution < -0.4 is 11.1 Å². The standard InChI is InChI=1S/C14H28N2O3/c1-4-12(8-13(17)18)9-16-14(19)10(2)6-5-7-11(3)15/h10-12H,4-9,15H2,1-3H3,(H,16,19)(H,17,18). The zero-order valence-electron chi connectivity index (χ0n) is 12.3. The first-order valence-electron chi connectivity index (χ1n) is 7.11. The molecular formula is C14H28N2O3. The Morgan fingerprint density at radius 2 is 1.89 bits per heavy atom. The molecule has 0 fully saturated rings. The van der Waals surface area contributed by atoms with Gasteiger partial charge in [0.05, 0.1) is 0 Å². The Bertz CT molecular complexity index is 280. The monoisotopic (exact) mass is 272 g/mol. The molecule has 112 valence electrons. The van der Waals surface area contributed by atoms with Crippen LogP contribution in [0.1, 0.15) is 52.9 Å². The van der Waals surface area contributed by atoms with Crippen LogP contribution >= 0.6 is 0 Å². The lowest BCUT2D eigenvalue weighted by atomic mass is 9.99. The third-order valence-corrected chi connectivity index (χ3v) is 3.35. The second-order valence-electron chi connectivity index (χ2n) is 5.43. The largest absolute Gasteiger partial charge is 0.481 e. The van der Waals surface area contributed by atoms with Gasteiger partial charge in [-0.1, -0.05) is 26.7 Å². The van der Waals surface area contributed by atoms with E-state index in [2.05, 4.69) is 5.32 Å². The van der Waals surface area contributed by atoms with Crippen molar-refractivity contribution in [3.05, 3.63) is 0 Å². The van der Waals surface area contributed by atoms with Crippen LogP contribution in [0.15, 0.2) is 0 Å². The van der Waals surface area contributed by atoms with Crippen LogP contribution in [0.4, 0.5) is 0 Å². The molecule has 0 radical (unpaired) electrons. The molecule has 3 atom stereocenters. The van der Waals surface area contributed by atoms with Gasteiger partial charge >= 0.3 is 5.97 Å². The minimum absolute atomic E-state index is 0.00788. The topological polar surface area (TPSA) is 92.4 Å². The molecule has 0 aromatic heterocycles. The Kier molecular flexibility index (Phi) is 9.21. The molecule has 0 saturated carbocycles. The van der Waals surface area contributed by atoms with Crippen LogP contribution in [0.25, 0.3) is 0 Å². The van der Waals surface area contributed by atoms with Crippen LogP contribution in [0, 0.1) is 11.8 Å². The van der Waals surface area contributed by atoms with Crippen LogP contribution in [0.2, 0.25) is 0 Å². The van der Waals surface area contributed by atoms with E-state index in [1.165, 1.54) is 0 Å². The molecule has 0 aliphatic carbocycles. The number of hydrogen-bond donors (Lipinski definition) is 3. The average Bonchev–Trinajstić information content (AvgIpc) is 2.32. The van der Waals surface area contributed by atoms with Gasteiger partial charge in [-0.05, 0) is 25.7 Å². The molecule has 0 aliphatic heterocycles. The van der Waals surface area contributed by atoms with E-state index in [9.17, 15) is 9.59 Å². The Morgan fingerprint density at radius 1 is 1.26 bits per heavy atom. The smallest absolute Gasteiger partial charge is 0.303 e. The average molecular weight is 272 g/mol. The van der Waals surface area contributed by atoms with E-state index in [-0.39, 0.29) is 30.2 Å². The normalized spacial score (nSPS) is 15.6. The van der Waals surface area contributed by atoms with Crippen LogP contribution in [-0.2, 0) is 9.59 Å². The first-order valence-corrected chi connectivity index (χ1v) is 7.11. The lowest BCUT2D eigenvalue weighted by Gasteiger charge is -2.16. The maximum atomic E-state index is 11.8. The maximum Gasteiger partial charge on any atom is 0.303 e. The van der Waals surface area contributed by atoms with Gasteiger partial charge in [0.2, 0.25) is 5.91 Å². The van der Waals surface area contributed by atoms with E-state index >= 15 is 0 Å². The van der Waals surface area contributed by atoms with Crippen molar-refractivity contribution < 1.29 is 14.7 Å². The van der Waals surface area contributed by atoms with E-state index in [1.54, 1.807) is 0 Å². The van der Waals surface area contributed by atoms with Gasteiger partial charge in [-0.3, -0.25) is 9.59 Å². The van der Waals surface area contributed by atoms with Crippen LogP contribution in [0.3, 0.4) is 0 Å². The molecule has 1 amide bonds. The quantitative estimate of drug-likeness (QED) is 0.565.